The number of nitrogens with two attached hydrogens (primary N) is 1. The minimum atomic E-state index is -0.633. The predicted molar refractivity (Wildman–Crippen MR) is 80.5 cm³/mol. The Kier molecular flexibility index (Phi) is 6.22. The molecule has 5 nitrogen and oxygen atoms in total. The van der Waals surface area contributed by atoms with Gasteiger partial charge in [-0.15, -0.1) is 10.2 Å². The van der Waals surface area contributed by atoms with Crippen LogP contribution in [0.2, 0.25) is 0 Å². The minimum absolute atomic E-state index is 0.232. The van der Waals surface area contributed by atoms with E-state index in [0.717, 1.165) is 27.9 Å². The summed E-state index contributed by atoms with van der Waals surface area (Å²) in [7, 11) is 0. The van der Waals surface area contributed by atoms with E-state index in [1.54, 1.807) is 23.1 Å². The second-order valence-corrected chi connectivity index (χ2v) is 7.56. The van der Waals surface area contributed by atoms with E-state index < -0.39 is 5.54 Å². The summed E-state index contributed by atoms with van der Waals surface area (Å²) in [6.45, 7) is 7.84. The van der Waals surface area contributed by atoms with Crippen molar-refractivity contribution in [3.8, 4) is 0 Å². The molecule has 1 aromatic rings. The molecule has 1 aromatic heterocycles. The second-order valence-electron chi connectivity index (χ2n) is 5.03. The average molecular weight is 302 g/mol. The summed E-state index contributed by atoms with van der Waals surface area (Å²) in [4.78, 5) is 11.6. The number of nitrogens with zero attached hydrogens (tertiary/aromatic N) is 2. The van der Waals surface area contributed by atoms with Gasteiger partial charge >= 0.3 is 0 Å². The first-order valence-corrected chi connectivity index (χ1v) is 8.14. The Morgan fingerprint density at radius 1 is 1.53 bits per heavy atom. The van der Waals surface area contributed by atoms with E-state index in [0.29, 0.717) is 0 Å². The van der Waals surface area contributed by atoms with E-state index >= 15 is 0 Å². The van der Waals surface area contributed by atoms with E-state index in [-0.39, 0.29) is 11.9 Å². The molecule has 0 radical (unpaired) electrons. The van der Waals surface area contributed by atoms with Gasteiger partial charge in [0, 0.05) is 11.8 Å². The summed E-state index contributed by atoms with van der Waals surface area (Å²) in [5.74, 6) is 0.620. The molecule has 19 heavy (non-hydrogen) atoms. The summed E-state index contributed by atoms with van der Waals surface area (Å²) in [5.41, 5.74) is 4.85. The molecule has 1 atom stereocenters. The molecule has 0 saturated heterocycles. The lowest BCUT2D eigenvalue weighted by Crippen LogP contribution is -2.55. The number of nitrogens with one attached hydrogen (secondary N) is 1. The highest BCUT2D eigenvalue weighted by Crippen LogP contribution is 2.24. The Hall–Kier alpha value is -0.660. The summed E-state index contributed by atoms with van der Waals surface area (Å²) in [6.07, 6.45) is 1.63. The SMILES string of the molecule is Cc1nnc(SCCCC(C)(NC(C)C)C(N)=O)s1. The van der Waals surface area contributed by atoms with Gasteiger partial charge in [0.1, 0.15) is 5.01 Å². The van der Waals surface area contributed by atoms with Gasteiger partial charge in [-0.05, 0) is 40.5 Å². The lowest BCUT2D eigenvalue weighted by molar-refractivity contribution is -0.124. The third-order valence-electron chi connectivity index (χ3n) is 2.71. The number of hydrogen-bond donors (Lipinski definition) is 2. The van der Waals surface area contributed by atoms with Gasteiger partial charge in [-0.1, -0.05) is 23.1 Å². The average Bonchev–Trinajstić information content (AvgIpc) is 2.69. The summed E-state index contributed by atoms with van der Waals surface area (Å²) >= 11 is 3.27. The van der Waals surface area contributed by atoms with Crippen molar-refractivity contribution < 1.29 is 4.79 Å². The quantitative estimate of drug-likeness (QED) is 0.567. The minimum Gasteiger partial charge on any atom is -0.368 e. The molecule has 1 rings (SSSR count). The highest BCUT2D eigenvalue weighted by atomic mass is 32.2. The monoisotopic (exact) mass is 302 g/mol. The molecule has 3 N–H and O–H groups in total. The maximum Gasteiger partial charge on any atom is 0.237 e. The van der Waals surface area contributed by atoms with Gasteiger partial charge in [0.15, 0.2) is 4.34 Å². The van der Waals surface area contributed by atoms with Gasteiger partial charge < -0.3 is 11.1 Å². The molecule has 0 aromatic carbocycles. The van der Waals surface area contributed by atoms with Crippen molar-refractivity contribution in [3.05, 3.63) is 5.01 Å². The van der Waals surface area contributed by atoms with E-state index in [1.165, 1.54) is 0 Å². The lowest BCUT2D eigenvalue weighted by atomic mass is 9.94. The molecule has 0 saturated carbocycles. The first-order valence-electron chi connectivity index (χ1n) is 6.34. The summed E-state index contributed by atoms with van der Waals surface area (Å²) in [5, 5.41) is 12.3. The first-order chi connectivity index (χ1) is 8.83. The summed E-state index contributed by atoms with van der Waals surface area (Å²) < 4.78 is 0.982. The first kappa shape index (κ1) is 16.4. The smallest absolute Gasteiger partial charge is 0.237 e. The molecule has 0 aliphatic rings. The Balaban J connectivity index is 2.38. The van der Waals surface area contributed by atoms with Crippen molar-refractivity contribution in [3.63, 3.8) is 0 Å². The number of carbonyl (C=O) groups is 1. The van der Waals surface area contributed by atoms with Crippen molar-refractivity contribution in [2.75, 3.05) is 5.75 Å². The molecule has 0 spiro atoms. The lowest BCUT2D eigenvalue weighted by Gasteiger charge is -2.29. The van der Waals surface area contributed by atoms with Gasteiger partial charge in [-0.25, -0.2) is 0 Å². The van der Waals surface area contributed by atoms with E-state index in [4.69, 9.17) is 5.73 Å². The van der Waals surface area contributed by atoms with Gasteiger partial charge in [-0.2, -0.15) is 0 Å². The number of aryl methyl sites for hydroxylation is 1. The third-order valence-corrected chi connectivity index (χ3v) is 4.76. The molecule has 0 aliphatic heterocycles. The maximum absolute atomic E-state index is 11.6. The van der Waals surface area contributed by atoms with Crippen LogP contribution in [0.3, 0.4) is 0 Å². The topological polar surface area (TPSA) is 80.9 Å². The molecular weight excluding hydrogens is 280 g/mol. The molecule has 0 aliphatic carbocycles. The number of carbonyl (C=O) groups excluding carboxylic acids is 1. The van der Waals surface area contributed by atoms with Crippen molar-refractivity contribution in [1.29, 1.82) is 0 Å². The molecule has 1 unspecified atom stereocenters. The van der Waals surface area contributed by atoms with Crippen molar-refractivity contribution in [1.82, 2.24) is 15.5 Å². The number of aromatic nitrogens is 2. The van der Waals surface area contributed by atoms with Crippen molar-refractivity contribution in [2.45, 2.75) is 56.5 Å². The Labute approximate surface area is 122 Å². The van der Waals surface area contributed by atoms with Crippen LogP contribution in [-0.4, -0.2) is 33.4 Å². The van der Waals surface area contributed by atoms with Crippen LogP contribution in [-0.2, 0) is 4.79 Å². The number of primary amides is 1. The number of thioether (sulfide) groups is 1. The molecule has 7 heteroatoms. The fourth-order valence-corrected chi connectivity index (χ4v) is 3.65. The maximum atomic E-state index is 11.6. The highest BCUT2D eigenvalue weighted by Gasteiger charge is 2.30. The Morgan fingerprint density at radius 2 is 2.21 bits per heavy atom. The second kappa shape index (κ2) is 7.21. The van der Waals surface area contributed by atoms with Gasteiger partial charge in [0.2, 0.25) is 5.91 Å². The highest BCUT2D eigenvalue weighted by molar-refractivity contribution is 8.01. The molecule has 0 fully saturated rings. The van der Waals surface area contributed by atoms with Crippen LogP contribution in [0.5, 0.6) is 0 Å². The van der Waals surface area contributed by atoms with Crippen molar-refractivity contribution in [2.24, 2.45) is 5.73 Å². The number of hydrogen-bond acceptors (Lipinski definition) is 6. The molecule has 0 bridgehead atoms. The largest absolute Gasteiger partial charge is 0.368 e. The fourth-order valence-electron chi connectivity index (χ4n) is 1.83. The van der Waals surface area contributed by atoms with Gasteiger partial charge in [0.05, 0.1) is 5.54 Å². The van der Waals surface area contributed by atoms with E-state index in [9.17, 15) is 4.79 Å². The van der Waals surface area contributed by atoms with Gasteiger partial charge in [-0.3, -0.25) is 4.79 Å². The zero-order valence-electron chi connectivity index (χ0n) is 11.9. The molecular formula is C12H22N4OS2. The van der Waals surface area contributed by atoms with E-state index in [1.807, 2.05) is 27.7 Å². The standard InChI is InChI=1S/C12H22N4OS2/c1-8(2)14-12(4,10(13)17)6-5-7-18-11-16-15-9(3)19-11/h8,14H,5-7H2,1-4H3,(H2,13,17). The third kappa shape index (κ3) is 5.46. The van der Waals surface area contributed by atoms with Crippen LogP contribution in [0.1, 0.15) is 38.6 Å². The molecule has 1 amide bonds. The Bertz CT molecular complexity index is 422. The van der Waals surface area contributed by atoms with Crippen LogP contribution in [0.25, 0.3) is 0 Å². The zero-order chi connectivity index (χ0) is 14.5. The normalized spacial score (nSPS) is 14.6. The van der Waals surface area contributed by atoms with E-state index in [2.05, 4.69) is 15.5 Å². The Morgan fingerprint density at radius 3 is 2.68 bits per heavy atom. The predicted octanol–water partition coefficient (Wildman–Crippen LogP) is 1.96. The number of rotatable bonds is 8. The van der Waals surface area contributed by atoms with Crippen LogP contribution < -0.4 is 11.1 Å². The van der Waals surface area contributed by atoms with Crippen LogP contribution in [0.15, 0.2) is 4.34 Å². The van der Waals surface area contributed by atoms with Crippen LogP contribution in [0.4, 0.5) is 0 Å². The number of amides is 1. The van der Waals surface area contributed by atoms with Crippen LogP contribution in [0, 0.1) is 6.92 Å². The fraction of sp³-hybridized carbons (Fsp3) is 0.750. The summed E-state index contributed by atoms with van der Waals surface area (Å²) in [6, 6.07) is 0.232. The van der Waals surface area contributed by atoms with Crippen molar-refractivity contribution >= 4 is 29.0 Å². The van der Waals surface area contributed by atoms with Crippen LogP contribution >= 0.6 is 23.1 Å². The van der Waals surface area contributed by atoms with Gasteiger partial charge in [0.25, 0.3) is 0 Å². The molecule has 1 heterocycles. The zero-order valence-corrected chi connectivity index (χ0v) is 13.5. The molecule has 108 valence electrons.